The third kappa shape index (κ3) is 10.5. The Morgan fingerprint density at radius 2 is 1.60 bits per heavy atom. The normalized spacial score (nSPS) is 13.3. The van der Waals surface area contributed by atoms with Gasteiger partial charge < -0.3 is 25.2 Å². The van der Waals surface area contributed by atoms with E-state index in [0.717, 1.165) is 5.56 Å². The molecule has 0 saturated carbocycles. The third-order valence-electron chi connectivity index (χ3n) is 6.46. The van der Waals surface area contributed by atoms with E-state index in [0.29, 0.717) is 17.7 Å². The zero-order chi connectivity index (χ0) is 31.4. The van der Waals surface area contributed by atoms with E-state index in [1.807, 2.05) is 30.3 Å². The van der Waals surface area contributed by atoms with Crippen molar-refractivity contribution in [1.29, 1.82) is 0 Å². The second-order valence-corrected chi connectivity index (χ2v) is 10.3. The first kappa shape index (κ1) is 32.7. The Morgan fingerprint density at radius 1 is 0.930 bits per heavy atom. The van der Waals surface area contributed by atoms with Gasteiger partial charge in [0.15, 0.2) is 5.69 Å². The molecule has 0 saturated heterocycles. The zero-order valence-corrected chi connectivity index (χ0v) is 24.6. The predicted molar refractivity (Wildman–Crippen MR) is 157 cm³/mol. The molecule has 0 aliphatic heterocycles. The molecule has 3 amide bonds. The van der Waals surface area contributed by atoms with E-state index in [1.165, 1.54) is 42.5 Å². The first-order chi connectivity index (χ1) is 20.5. The van der Waals surface area contributed by atoms with Gasteiger partial charge in [-0.05, 0) is 49.4 Å². The number of aromatic nitrogens is 1. The number of nitrogens with one attached hydrogen (secondary N) is 3. The second-order valence-electron chi connectivity index (χ2n) is 10.3. The van der Waals surface area contributed by atoms with Crippen LogP contribution in [0.3, 0.4) is 0 Å². The van der Waals surface area contributed by atoms with Crippen LogP contribution in [-0.2, 0) is 32.0 Å². The van der Waals surface area contributed by atoms with Crippen LogP contribution in [0.5, 0.6) is 0 Å². The average molecular weight is 593 g/mol. The lowest BCUT2D eigenvalue weighted by atomic mass is 10.00. The summed E-state index contributed by atoms with van der Waals surface area (Å²) in [6.07, 6.45) is 3.19. The van der Waals surface area contributed by atoms with Crippen molar-refractivity contribution in [2.75, 3.05) is 6.61 Å². The Balaban J connectivity index is 1.84. The first-order valence-corrected chi connectivity index (χ1v) is 14.0. The molecule has 0 spiro atoms. The van der Waals surface area contributed by atoms with Gasteiger partial charge in [-0.2, -0.15) is 0 Å². The summed E-state index contributed by atoms with van der Waals surface area (Å²) in [6.45, 7) is 7.04. The number of hydrogen-bond acceptors (Lipinski definition) is 7. The maximum absolute atomic E-state index is 13.7. The Labute approximate surface area is 250 Å². The maximum atomic E-state index is 13.7. The molecule has 1 heterocycles. The molecule has 2 aromatic carbocycles. The van der Waals surface area contributed by atoms with Crippen molar-refractivity contribution in [3.8, 4) is 0 Å². The highest BCUT2D eigenvalue weighted by atomic mass is 19.1. The zero-order valence-electron chi connectivity index (χ0n) is 24.6. The van der Waals surface area contributed by atoms with Gasteiger partial charge in [0.1, 0.15) is 23.7 Å². The number of aryl methyl sites for hydroxylation is 1. The van der Waals surface area contributed by atoms with Crippen molar-refractivity contribution in [3.63, 3.8) is 0 Å². The minimum atomic E-state index is -1.10. The number of nitrogens with zero attached hydrogens (tertiary/aromatic N) is 1. The van der Waals surface area contributed by atoms with Gasteiger partial charge in [-0.25, -0.2) is 9.18 Å². The van der Waals surface area contributed by atoms with Crippen LogP contribution in [-0.4, -0.2) is 53.6 Å². The molecule has 3 rings (SSSR count). The minimum Gasteiger partial charge on any atom is -0.463 e. The molecule has 0 aliphatic rings. The number of ether oxygens (including phenoxy) is 1. The average Bonchev–Trinajstić information content (AvgIpc) is 3.42. The van der Waals surface area contributed by atoms with E-state index < -0.39 is 47.6 Å². The van der Waals surface area contributed by atoms with Crippen LogP contribution in [0, 0.1) is 18.7 Å². The molecule has 0 fully saturated rings. The van der Waals surface area contributed by atoms with Gasteiger partial charge in [0.2, 0.25) is 11.8 Å². The van der Waals surface area contributed by atoms with Crippen LogP contribution >= 0.6 is 0 Å². The smallest absolute Gasteiger partial charge is 0.330 e. The number of amides is 3. The fourth-order valence-corrected chi connectivity index (χ4v) is 4.25. The third-order valence-corrected chi connectivity index (χ3v) is 6.46. The highest BCUT2D eigenvalue weighted by Gasteiger charge is 2.30. The van der Waals surface area contributed by atoms with Gasteiger partial charge in [-0.3, -0.25) is 14.4 Å². The van der Waals surface area contributed by atoms with Gasteiger partial charge >= 0.3 is 5.97 Å². The van der Waals surface area contributed by atoms with Crippen molar-refractivity contribution in [2.24, 2.45) is 5.92 Å². The summed E-state index contributed by atoms with van der Waals surface area (Å²) in [6, 6.07) is 13.7. The van der Waals surface area contributed by atoms with Crippen molar-refractivity contribution in [1.82, 2.24) is 21.1 Å². The van der Waals surface area contributed by atoms with Crippen molar-refractivity contribution < 1.29 is 32.8 Å². The molecular weight excluding hydrogens is 555 g/mol. The molecule has 11 heteroatoms. The van der Waals surface area contributed by atoms with E-state index in [-0.39, 0.29) is 24.6 Å². The highest BCUT2D eigenvalue weighted by molar-refractivity contribution is 5.97. The highest BCUT2D eigenvalue weighted by Crippen LogP contribution is 2.11. The van der Waals surface area contributed by atoms with Gasteiger partial charge in [0, 0.05) is 18.6 Å². The number of rotatable bonds is 14. The maximum Gasteiger partial charge on any atom is 0.330 e. The summed E-state index contributed by atoms with van der Waals surface area (Å²) in [5.74, 6) is -2.62. The summed E-state index contributed by atoms with van der Waals surface area (Å²) in [5.41, 5.74) is 1.53. The van der Waals surface area contributed by atoms with E-state index in [9.17, 15) is 23.6 Å². The lowest BCUT2D eigenvalue weighted by Gasteiger charge is -2.26. The summed E-state index contributed by atoms with van der Waals surface area (Å²) in [5, 5.41) is 12.0. The molecule has 0 radical (unpaired) electrons. The number of benzene rings is 2. The lowest BCUT2D eigenvalue weighted by Crippen LogP contribution is -2.57. The van der Waals surface area contributed by atoms with Crippen LogP contribution < -0.4 is 16.0 Å². The Bertz CT molecular complexity index is 1400. The van der Waals surface area contributed by atoms with Gasteiger partial charge in [0.05, 0.1) is 12.6 Å². The Morgan fingerprint density at radius 3 is 2.21 bits per heavy atom. The number of carbonyl (C=O) groups is 4. The number of esters is 1. The molecule has 3 N–H and O–H groups in total. The van der Waals surface area contributed by atoms with Crippen LogP contribution in [0.25, 0.3) is 0 Å². The fourth-order valence-electron chi connectivity index (χ4n) is 4.25. The van der Waals surface area contributed by atoms with Crippen molar-refractivity contribution in [2.45, 2.75) is 58.7 Å². The molecule has 3 atom stereocenters. The van der Waals surface area contributed by atoms with E-state index in [4.69, 9.17) is 9.26 Å². The first-order valence-electron chi connectivity index (χ1n) is 14.0. The van der Waals surface area contributed by atoms with E-state index >= 15 is 0 Å². The number of carbonyl (C=O) groups excluding carboxylic acids is 4. The predicted octanol–water partition coefficient (Wildman–Crippen LogP) is 3.45. The van der Waals surface area contributed by atoms with Crippen LogP contribution in [0.4, 0.5) is 4.39 Å². The quantitative estimate of drug-likeness (QED) is 0.192. The summed E-state index contributed by atoms with van der Waals surface area (Å²) < 4.78 is 23.5. The lowest BCUT2D eigenvalue weighted by molar-refractivity contribution is -0.137. The van der Waals surface area contributed by atoms with Crippen molar-refractivity contribution >= 4 is 23.7 Å². The molecule has 0 bridgehead atoms. The molecule has 10 nitrogen and oxygen atoms in total. The topological polar surface area (TPSA) is 140 Å². The molecule has 3 unspecified atom stereocenters. The molecule has 1 aromatic heterocycles. The second kappa shape index (κ2) is 16.0. The van der Waals surface area contributed by atoms with Crippen molar-refractivity contribution in [3.05, 3.63) is 101 Å². The van der Waals surface area contributed by atoms with E-state index in [1.54, 1.807) is 27.7 Å². The Kier molecular flexibility index (Phi) is 12.2. The number of hydrogen-bond donors (Lipinski definition) is 3. The standard InChI is InChI=1S/C32H37FN4O6/c1-5-42-28(38)16-15-25(18-22-9-7-6-8-10-22)34-30(39)26(19-23-11-13-24(33)14-12-23)35-32(41)29(20(2)3)36-31(40)27-17-21(4)43-37-27/h6-17,20,25-26,29H,5,18-19H2,1-4H3,(H,34,39)(H,35,41)(H,36,40)/b16-15+. The number of halogens is 1. The molecule has 43 heavy (non-hydrogen) atoms. The largest absolute Gasteiger partial charge is 0.463 e. The monoisotopic (exact) mass is 592 g/mol. The Hall–Kier alpha value is -4.80. The van der Waals surface area contributed by atoms with E-state index in [2.05, 4.69) is 21.1 Å². The summed E-state index contributed by atoms with van der Waals surface area (Å²) in [4.78, 5) is 51.9. The van der Waals surface area contributed by atoms with Gasteiger partial charge in [-0.15, -0.1) is 0 Å². The fraction of sp³-hybridized carbons (Fsp3) is 0.344. The SMILES string of the molecule is CCOC(=O)/C=C/C(Cc1ccccc1)NC(=O)C(Cc1ccc(F)cc1)NC(=O)C(NC(=O)c1cc(C)on1)C(C)C. The molecule has 3 aromatic rings. The van der Waals surface area contributed by atoms with Gasteiger partial charge in [0.25, 0.3) is 5.91 Å². The van der Waals surface area contributed by atoms with Crippen LogP contribution in [0.1, 0.15) is 48.1 Å². The van der Waals surface area contributed by atoms with Crippen LogP contribution in [0.2, 0.25) is 0 Å². The summed E-state index contributed by atoms with van der Waals surface area (Å²) >= 11 is 0. The summed E-state index contributed by atoms with van der Waals surface area (Å²) in [7, 11) is 0. The molecule has 228 valence electrons. The van der Waals surface area contributed by atoms with Crippen LogP contribution in [0.15, 0.2) is 77.3 Å². The molecular formula is C32H37FN4O6. The minimum absolute atomic E-state index is 0.0219. The molecule has 0 aliphatic carbocycles. The van der Waals surface area contributed by atoms with Gasteiger partial charge in [-0.1, -0.05) is 67.5 Å².